The van der Waals surface area contributed by atoms with Crippen LogP contribution in [0.2, 0.25) is 0 Å². The number of aliphatic carboxylic acids is 1. The van der Waals surface area contributed by atoms with Gasteiger partial charge in [0.2, 0.25) is 0 Å². The Morgan fingerprint density at radius 2 is 2.00 bits per heavy atom. The van der Waals surface area contributed by atoms with Gasteiger partial charge in [-0.1, -0.05) is 6.92 Å². The smallest absolute Gasteiger partial charge is 0.326 e. The Labute approximate surface area is 102 Å². The van der Waals surface area contributed by atoms with E-state index >= 15 is 0 Å². The summed E-state index contributed by atoms with van der Waals surface area (Å²) < 4.78 is 0. The maximum Gasteiger partial charge on any atom is 0.326 e. The Morgan fingerprint density at radius 1 is 1.41 bits per heavy atom. The largest absolute Gasteiger partial charge is 0.480 e. The molecule has 1 aliphatic carbocycles. The van der Waals surface area contributed by atoms with Crippen molar-refractivity contribution in [1.29, 1.82) is 0 Å². The number of nitrogens with zero attached hydrogens (tertiary/aromatic N) is 1. The zero-order valence-electron chi connectivity index (χ0n) is 10.8. The van der Waals surface area contributed by atoms with Crippen molar-refractivity contribution in [2.75, 3.05) is 6.54 Å². The molecular weight excluding hydrogens is 220 g/mol. The van der Waals surface area contributed by atoms with E-state index in [0.717, 1.165) is 6.54 Å². The third kappa shape index (κ3) is 4.24. The number of carbonyl (C=O) groups is 2. The average Bonchev–Trinajstić information content (AvgIpc) is 3.04. The summed E-state index contributed by atoms with van der Waals surface area (Å²) in [5, 5.41) is 11.5. The van der Waals surface area contributed by atoms with Gasteiger partial charge in [-0.3, -0.25) is 0 Å². The second kappa shape index (κ2) is 5.89. The SMILES string of the molecule is CC[C@@H](NC(=O)N(CC1CC1)C(C)C)C(=O)O. The predicted molar refractivity (Wildman–Crippen MR) is 64.8 cm³/mol. The zero-order valence-corrected chi connectivity index (χ0v) is 10.8. The Balaban J connectivity index is 2.53. The quantitative estimate of drug-likeness (QED) is 0.744. The van der Waals surface area contributed by atoms with Crippen LogP contribution in [-0.2, 0) is 4.79 Å². The molecule has 0 heterocycles. The summed E-state index contributed by atoms with van der Waals surface area (Å²) in [6.45, 7) is 6.38. The Morgan fingerprint density at radius 3 is 2.35 bits per heavy atom. The fraction of sp³-hybridized carbons (Fsp3) is 0.833. The second-order valence-electron chi connectivity index (χ2n) is 4.94. The van der Waals surface area contributed by atoms with Crippen molar-refractivity contribution < 1.29 is 14.7 Å². The molecule has 1 rings (SSSR count). The van der Waals surface area contributed by atoms with Crippen molar-refractivity contribution in [1.82, 2.24) is 10.2 Å². The van der Waals surface area contributed by atoms with Gasteiger partial charge in [-0.25, -0.2) is 9.59 Å². The third-order valence-electron chi connectivity index (χ3n) is 3.04. The standard InChI is InChI=1S/C12H22N2O3/c1-4-10(11(15)16)13-12(17)14(8(2)3)7-9-5-6-9/h8-10H,4-7H2,1-3H3,(H,13,17)(H,15,16)/t10-/m1/s1. The number of carbonyl (C=O) groups excluding carboxylic acids is 1. The van der Waals surface area contributed by atoms with Crippen LogP contribution in [0.4, 0.5) is 4.79 Å². The molecule has 1 fully saturated rings. The number of nitrogens with one attached hydrogen (secondary N) is 1. The molecule has 0 aromatic heterocycles. The van der Waals surface area contributed by atoms with Gasteiger partial charge in [-0.05, 0) is 39.0 Å². The van der Waals surface area contributed by atoms with Gasteiger partial charge in [0.25, 0.3) is 0 Å². The first kappa shape index (κ1) is 13.8. The third-order valence-corrected chi connectivity index (χ3v) is 3.04. The average molecular weight is 242 g/mol. The maximum atomic E-state index is 12.0. The lowest BCUT2D eigenvalue weighted by Gasteiger charge is -2.28. The van der Waals surface area contributed by atoms with E-state index in [-0.39, 0.29) is 12.1 Å². The molecule has 0 aliphatic heterocycles. The van der Waals surface area contributed by atoms with Crippen LogP contribution in [0.1, 0.15) is 40.0 Å². The molecule has 1 saturated carbocycles. The highest BCUT2D eigenvalue weighted by molar-refractivity contribution is 5.82. The van der Waals surface area contributed by atoms with Crippen LogP contribution in [-0.4, -0.2) is 40.6 Å². The number of carboxylic acid groups (broad SMARTS) is 1. The van der Waals surface area contributed by atoms with Gasteiger partial charge in [0, 0.05) is 12.6 Å². The molecule has 2 N–H and O–H groups in total. The summed E-state index contributed by atoms with van der Waals surface area (Å²) in [4.78, 5) is 24.6. The number of hydrogen-bond donors (Lipinski definition) is 2. The number of urea groups is 1. The van der Waals surface area contributed by atoms with Gasteiger partial charge < -0.3 is 15.3 Å². The molecule has 0 radical (unpaired) electrons. The van der Waals surface area contributed by atoms with Crippen LogP contribution in [0, 0.1) is 5.92 Å². The minimum absolute atomic E-state index is 0.0990. The molecule has 5 heteroatoms. The molecule has 0 spiro atoms. The van der Waals surface area contributed by atoms with E-state index in [1.54, 1.807) is 11.8 Å². The highest BCUT2D eigenvalue weighted by Crippen LogP contribution is 2.30. The van der Waals surface area contributed by atoms with Gasteiger partial charge in [-0.15, -0.1) is 0 Å². The highest BCUT2D eigenvalue weighted by atomic mass is 16.4. The lowest BCUT2D eigenvalue weighted by Crippen LogP contribution is -2.50. The zero-order chi connectivity index (χ0) is 13.0. The minimum atomic E-state index is -0.976. The first-order chi connectivity index (χ1) is 7.95. The van der Waals surface area contributed by atoms with Gasteiger partial charge in [-0.2, -0.15) is 0 Å². The van der Waals surface area contributed by atoms with Crippen LogP contribution < -0.4 is 5.32 Å². The van der Waals surface area contributed by atoms with Crippen LogP contribution in [0.25, 0.3) is 0 Å². The Hall–Kier alpha value is -1.26. The fourth-order valence-electron chi connectivity index (χ4n) is 1.68. The number of carboxylic acids is 1. The van der Waals surface area contributed by atoms with E-state index in [9.17, 15) is 9.59 Å². The van der Waals surface area contributed by atoms with Gasteiger partial charge >= 0.3 is 12.0 Å². The summed E-state index contributed by atoms with van der Waals surface area (Å²) >= 11 is 0. The van der Waals surface area contributed by atoms with Crippen LogP contribution in [0.15, 0.2) is 0 Å². The number of amides is 2. The van der Waals surface area contributed by atoms with Crippen molar-refractivity contribution in [2.45, 2.75) is 52.1 Å². The topological polar surface area (TPSA) is 69.6 Å². The fourth-order valence-corrected chi connectivity index (χ4v) is 1.68. The predicted octanol–water partition coefficient (Wildman–Crippen LogP) is 1.68. The lowest BCUT2D eigenvalue weighted by atomic mass is 10.2. The second-order valence-corrected chi connectivity index (χ2v) is 4.94. The van der Waals surface area contributed by atoms with Crippen molar-refractivity contribution >= 4 is 12.0 Å². The van der Waals surface area contributed by atoms with Crippen LogP contribution >= 0.6 is 0 Å². The molecule has 0 unspecified atom stereocenters. The lowest BCUT2D eigenvalue weighted by molar-refractivity contribution is -0.139. The van der Waals surface area contributed by atoms with E-state index in [2.05, 4.69) is 5.32 Å². The molecular formula is C12H22N2O3. The van der Waals surface area contributed by atoms with Crippen molar-refractivity contribution in [3.63, 3.8) is 0 Å². The highest BCUT2D eigenvalue weighted by Gasteiger charge is 2.29. The Bertz CT molecular complexity index is 287. The molecule has 5 nitrogen and oxygen atoms in total. The molecule has 98 valence electrons. The summed E-state index contributed by atoms with van der Waals surface area (Å²) in [6.07, 6.45) is 2.75. The monoisotopic (exact) mass is 242 g/mol. The molecule has 0 aromatic carbocycles. The molecule has 0 bridgehead atoms. The Kier molecular flexibility index (Phi) is 4.78. The molecule has 0 aromatic rings. The van der Waals surface area contributed by atoms with Crippen LogP contribution in [0.5, 0.6) is 0 Å². The number of rotatable bonds is 6. The summed E-state index contributed by atoms with van der Waals surface area (Å²) in [5.74, 6) is -0.371. The van der Waals surface area contributed by atoms with E-state index in [1.807, 2.05) is 13.8 Å². The van der Waals surface area contributed by atoms with Crippen molar-refractivity contribution in [2.24, 2.45) is 5.92 Å². The van der Waals surface area contributed by atoms with Crippen LogP contribution in [0.3, 0.4) is 0 Å². The molecule has 2 amide bonds. The first-order valence-corrected chi connectivity index (χ1v) is 6.25. The molecule has 1 aliphatic rings. The number of hydrogen-bond acceptors (Lipinski definition) is 2. The minimum Gasteiger partial charge on any atom is -0.480 e. The summed E-state index contributed by atoms with van der Waals surface area (Å²) in [6, 6.07) is -0.953. The molecule has 1 atom stereocenters. The van der Waals surface area contributed by atoms with E-state index < -0.39 is 12.0 Å². The van der Waals surface area contributed by atoms with Crippen molar-refractivity contribution in [3.05, 3.63) is 0 Å². The van der Waals surface area contributed by atoms with E-state index in [1.165, 1.54) is 12.8 Å². The van der Waals surface area contributed by atoms with Gasteiger partial charge in [0.05, 0.1) is 0 Å². The normalized spacial score (nSPS) is 16.7. The molecule has 0 saturated heterocycles. The molecule has 17 heavy (non-hydrogen) atoms. The van der Waals surface area contributed by atoms with Gasteiger partial charge in [0.15, 0.2) is 0 Å². The first-order valence-electron chi connectivity index (χ1n) is 6.25. The maximum absolute atomic E-state index is 12.0. The summed E-state index contributed by atoms with van der Waals surface area (Å²) in [7, 11) is 0. The van der Waals surface area contributed by atoms with Gasteiger partial charge in [0.1, 0.15) is 6.04 Å². The van der Waals surface area contributed by atoms with E-state index in [4.69, 9.17) is 5.11 Å². The van der Waals surface area contributed by atoms with E-state index in [0.29, 0.717) is 12.3 Å². The summed E-state index contributed by atoms with van der Waals surface area (Å²) in [5.41, 5.74) is 0. The van der Waals surface area contributed by atoms with Crippen molar-refractivity contribution in [3.8, 4) is 0 Å².